The van der Waals surface area contributed by atoms with E-state index in [0.717, 1.165) is 4.90 Å². The molecule has 0 unspecified atom stereocenters. The molecule has 0 heterocycles. The van der Waals surface area contributed by atoms with Gasteiger partial charge < -0.3 is 14.7 Å². The summed E-state index contributed by atoms with van der Waals surface area (Å²) in [4.78, 5) is 12.7. The number of carbonyl (C=O) groups excluding carboxylic acids is 1. The van der Waals surface area contributed by atoms with Gasteiger partial charge in [0.1, 0.15) is 0 Å². The number of likely N-dealkylation sites (N-methyl/N-ethyl adjacent to an activating group) is 1. The standard InChI is InChI=1S/C13H28NO7P/c1-12(2,3)20-22(17,21-13(4,5)6)19-10-18-11(16)14(7)8-9-15/h15H,8-10H2,1-7H3. The van der Waals surface area contributed by atoms with E-state index in [-0.39, 0.29) is 13.2 Å². The molecule has 0 fully saturated rings. The predicted octanol–water partition coefficient (Wildman–Crippen LogP) is 2.76. The molecule has 0 atom stereocenters. The molecule has 0 aromatic carbocycles. The van der Waals surface area contributed by atoms with Crippen molar-refractivity contribution in [1.29, 1.82) is 0 Å². The van der Waals surface area contributed by atoms with E-state index in [0.29, 0.717) is 0 Å². The minimum absolute atomic E-state index is 0.119. The van der Waals surface area contributed by atoms with Gasteiger partial charge in [-0.1, -0.05) is 0 Å². The Morgan fingerprint density at radius 3 is 1.91 bits per heavy atom. The lowest BCUT2D eigenvalue weighted by Crippen LogP contribution is -2.31. The fourth-order valence-electron chi connectivity index (χ4n) is 1.23. The van der Waals surface area contributed by atoms with Gasteiger partial charge in [-0.3, -0.25) is 9.05 Å². The maximum absolute atomic E-state index is 12.6. The Hall–Kier alpha value is -0.660. The molecule has 0 aliphatic rings. The number of carbonyl (C=O) groups is 1. The van der Waals surface area contributed by atoms with E-state index in [1.165, 1.54) is 7.05 Å². The van der Waals surface area contributed by atoms with E-state index in [1.807, 2.05) is 0 Å². The fraction of sp³-hybridized carbons (Fsp3) is 0.923. The molecule has 0 aromatic rings. The average molecular weight is 341 g/mol. The minimum atomic E-state index is -3.91. The van der Waals surface area contributed by atoms with Gasteiger partial charge in [0.15, 0.2) is 0 Å². The number of ether oxygens (including phenoxy) is 1. The van der Waals surface area contributed by atoms with E-state index in [2.05, 4.69) is 0 Å². The van der Waals surface area contributed by atoms with Gasteiger partial charge in [-0.15, -0.1) is 0 Å². The summed E-state index contributed by atoms with van der Waals surface area (Å²) < 4.78 is 33.2. The SMILES string of the molecule is CN(CCO)C(=O)OCOP(=O)(OC(C)(C)C)OC(C)(C)C. The van der Waals surface area contributed by atoms with Gasteiger partial charge in [0, 0.05) is 13.6 Å². The molecule has 0 saturated heterocycles. The lowest BCUT2D eigenvalue weighted by molar-refractivity contribution is -0.0333. The van der Waals surface area contributed by atoms with Gasteiger partial charge in [0.2, 0.25) is 6.79 Å². The van der Waals surface area contributed by atoms with Gasteiger partial charge in [0.25, 0.3) is 0 Å². The predicted molar refractivity (Wildman–Crippen MR) is 81.4 cm³/mol. The van der Waals surface area contributed by atoms with Crippen molar-refractivity contribution in [2.45, 2.75) is 52.7 Å². The summed E-state index contributed by atoms with van der Waals surface area (Å²) in [6.07, 6.45) is -0.716. The Labute approximate surface area is 132 Å². The van der Waals surface area contributed by atoms with Crippen molar-refractivity contribution >= 4 is 13.9 Å². The fourth-order valence-corrected chi connectivity index (χ4v) is 2.90. The van der Waals surface area contributed by atoms with Crippen LogP contribution in [0.2, 0.25) is 0 Å². The molecule has 1 N–H and O–H groups in total. The second kappa shape index (κ2) is 8.26. The maximum atomic E-state index is 12.6. The summed E-state index contributed by atoms with van der Waals surface area (Å²) in [5.41, 5.74) is -1.53. The molecular formula is C13H28NO7P. The number of phosphoric ester groups is 1. The first-order valence-corrected chi connectivity index (χ1v) is 8.39. The summed E-state index contributed by atoms with van der Waals surface area (Å²) in [5, 5.41) is 8.73. The van der Waals surface area contributed by atoms with Crippen molar-refractivity contribution < 1.29 is 32.8 Å². The van der Waals surface area contributed by atoms with E-state index >= 15 is 0 Å². The van der Waals surface area contributed by atoms with Crippen LogP contribution < -0.4 is 0 Å². The van der Waals surface area contributed by atoms with E-state index in [1.54, 1.807) is 41.5 Å². The summed E-state index contributed by atoms with van der Waals surface area (Å²) in [6.45, 7) is 9.57. The Bertz CT molecular complexity index is 380. The van der Waals surface area contributed by atoms with E-state index < -0.39 is 31.9 Å². The van der Waals surface area contributed by atoms with Crippen LogP contribution in [-0.2, 0) is 22.9 Å². The summed E-state index contributed by atoms with van der Waals surface area (Å²) in [6, 6.07) is 0. The quantitative estimate of drug-likeness (QED) is 0.562. The average Bonchev–Trinajstić information content (AvgIpc) is 2.23. The highest BCUT2D eigenvalue weighted by atomic mass is 31.2. The Balaban J connectivity index is 4.67. The third-order valence-electron chi connectivity index (χ3n) is 1.91. The van der Waals surface area contributed by atoms with Crippen LogP contribution >= 0.6 is 7.82 Å². The zero-order valence-electron chi connectivity index (χ0n) is 14.4. The first-order chi connectivity index (χ1) is 9.78. The van der Waals surface area contributed by atoms with Crippen LogP contribution in [0, 0.1) is 0 Å². The Kier molecular flexibility index (Phi) is 8.02. The molecule has 8 nitrogen and oxygen atoms in total. The van der Waals surface area contributed by atoms with Gasteiger partial charge in [0.05, 0.1) is 17.8 Å². The molecule has 22 heavy (non-hydrogen) atoms. The number of aliphatic hydroxyl groups excluding tert-OH is 1. The molecule has 0 rings (SSSR count). The van der Waals surface area contributed by atoms with Gasteiger partial charge in [-0.05, 0) is 41.5 Å². The van der Waals surface area contributed by atoms with Crippen molar-refractivity contribution in [2.75, 3.05) is 27.0 Å². The highest BCUT2D eigenvalue weighted by Gasteiger charge is 2.37. The zero-order valence-corrected chi connectivity index (χ0v) is 15.3. The van der Waals surface area contributed by atoms with E-state index in [9.17, 15) is 9.36 Å². The summed E-state index contributed by atoms with van der Waals surface area (Å²) >= 11 is 0. The van der Waals surface area contributed by atoms with Crippen LogP contribution in [0.1, 0.15) is 41.5 Å². The van der Waals surface area contributed by atoms with Crippen LogP contribution in [-0.4, -0.2) is 54.3 Å². The molecule has 0 radical (unpaired) electrons. The molecule has 0 spiro atoms. The Morgan fingerprint density at radius 2 is 1.55 bits per heavy atom. The number of hydrogen-bond acceptors (Lipinski definition) is 7. The van der Waals surface area contributed by atoms with Crippen molar-refractivity contribution in [3.05, 3.63) is 0 Å². The van der Waals surface area contributed by atoms with Crippen molar-refractivity contribution in [2.24, 2.45) is 0 Å². The molecule has 0 aliphatic carbocycles. The van der Waals surface area contributed by atoms with Crippen LogP contribution in [0.25, 0.3) is 0 Å². The van der Waals surface area contributed by atoms with Gasteiger partial charge >= 0.3 is 13.9 Å². The summed E-state index contributed by atoms with van der Waals surface area (Å²) in [5.74, 6) is 0. The second-order valence-corrected chi connectivity index (χ2v) is 8.17. The lowest BCUT2D eigenvalue weighted by Gasteiger charge is -2.30. The molecule has 0 bridgehead atoms. The molecule has 0 saturated carbocycles. The molecule has 9 heteroatoms. The maximum Gasteiger partial charge on any atom is 0.478 e. The van der Waals surface area contributed by atoms with Crippen LogP contribution in [0.4, 0.5) is 4.79 Å². The van der Waals surface area contributed by atoms with Crippen LogP contribution in [0.15, 0.2) is 0 Å². The van der Waals surface area contributed by atoms with Crippen molar-refractivity contribution in [1.82, 2.24) is 4.90 Å². The molecular weight excluding hydrogens is 313 g/mol. The first-order valence-electron chi connectivity index (χ1n) is 6.93. The second-order valence-electron chi connectivity index (χ2n) is 6.66. The zero-order chi connectivity index (χ0) is 17.6. The molecule has 0 aromatic heterocycles. The molecule has 132 valence electrons. The topological polar surface area (TPSA) is 94.5 Å². The minimum Gasteiger partial charge on any atom is -0.422 e. The highest BCUT2D eigenvalue weighted by Crippen LogP contribution is 2.55. The lowest BCUT2D eigenvalue weighted by atomic mass is 10.2. The monoisotopic (exact) mass is 341 g/mol. The Morgan fingerprint density at radius 1 is 1.09 bits per heavy atom. The number of hydrogen-bond donors (Lipinski definition) is 1. The smallest absolute Gasteiger partial charge is 0.422 e. The van der Waals surface area contributed by atoms with Crippen LogP contribution in [0.3, 0.4) is 0 Å². The molecule has 0 aliphatic heterocycles. The number of aliphatic hydroxyl groups is 1. The number of nitrogens with zero attached hydrogens (tertiary/aromatic N) is 1. The van der Waals surface area contributed by atoms with Gasteiger partial charge in [-0.2, -0.15) is 0 Å². The first kappa shape index (κ1) is 21.3. The van der Waals surface area contributed by atoms with Gasteiger partial charge in [-0.25, -0.2) is 13.9 Å². The normalized spacial score (nSPS) is 13.1. The third-order valence-corrected chi connectivity index (χ3v) is 3.88. The highest BCUT2D eigenvalue weighted by molar-refractivity contribution is 7.48. The number of amides is 1. The van der Waals surface area contributed by atoms with E-state index in [4.69, 9.17) is 23.4 Å². The van der Waals surface area contributed by atoms with Crippen molar-refractivity contribution in [3.63, 3.8) is 0 Å². The van der Waals surface area contributed by atoms with Crippen LogP contribution in [0.5, 0.6) is 0 Å². The third kappa shape index (κ3) is 10.1. The largest absolute Gasteiger partial charge is 0.478 e. The summed E-state index contributed by atoms with van der Waals surface area (Å²) in [7, 11) is -2.46. The number of rotatable bonds is 7. The molecule has 1 amide bonds. The van der Waals surface area contributed by atoms with Crippen molar-refractivity contribution in [3.8, 4) is 0 Å². The number of phosphoric acid groups is 1.